The van der Waals surface area contributed by atoms with E-state index in [1.54, 1.807) is 13.8 Å². The van der Waals surface area contributed by atoms with E-state index < -0.39 is 105 Å². The van der Waals surface area contributed by atoms with Crippen molar-refractivity contribution in [3.63, 3.8) is 0 Å². The van der Waals surface area contributed by atoms with Crippen molar-refractivity contribution in [2.45, 2.75) is 106 Å². The molecule has 0 saturated carbocycles. The van der Waals surface area contributed by atoms with Gasteiger partial charge in [0.2, 0.25) is 0 Å². The predicted molar refractivity (Wildman–Crippen MR) is 103 cm³/mol. The van der Waals surface area contributed by atoms with Crippen molar-refractivity contribution in [1.82, 2.24) is 0 Å². The molecule has 0 radical (unpaired) electrons. The van der Waals surface area contributed by atoms with Gasteiger partial charge in [0.15, 0.2) is 12.6 Å². The van der Waals surface area contributed by atoms with Crippen LogP contribution in [0.15, 0.2) is 0 Å². The fourth-order valence-electron chi connectivity index (χ4n) is 4.15. The molecule has 3 aliphatic rings. The van der Waals surface area contributed by atoms with E-state index in [0.29, 0.717) is 0 Å². The first-order chi connectivity index (χ1) is 15.5. The zero-order valence-corrected chi connectivity index (χ0v) is 18.1. The number of aliphatic hydroxyl groups excluding tert-OH is 9. The Bertz CT molecular complexity index is 623. The fraction of sp³-hybridized carbons (Fsp3) is 1.00. The highest BCUT2D eigenvalue weighted by molar-refractivity contribution is 4.94. The molecule has 3 rings (SSSR count). The minimum Gasteiger partial charge on any atom is -0.394 e. The maximum absolute atomic E-state index is 10.3. The third-order valence-electron chi connectivity index (χ3n) is 6.29. The highest BCUT2D eigenvalue weighted by atomic mass is 16.7. The molecule has 3 fully saturated rings. The maximum atomic E-state index is 10.3. The Morgan fingerprint density at radius 1 is 0.576 bits per heavy atom. The molecule has 0 amide bonds. The summed E-state index contributed by atoms with van der Waals surface area (Å²) in [4.78, 5) is 0. The zero-order valence-electron chi connectivity index (χ0n) is 18.1. The van der Waals surface area contributed by atoms with E-state index in [1.165, 1.54) is 0 Å². The second kappa shape index (κ2) is 11.0. The molecule has 33 heavy (non-hydrogen) atoms. The van der Waals surface area contributed by atoms with Gasteiger partial charge in [-0.25, -0.2) is 0 Å². The lowest BCUT2D eigenvalue weighted by atomic mass is 9.95. The minimum atomic E-state index is -1.74. The SMILES string of the molecule is C[C@@H]1O[C@H](C)[C@H](O)[C@@H](O)[C@@H]1OC1O[C@H](COC2O[C@H](CO)[C@@H](O)[C@H](O)[C@H]2O)[C@@H](O)[C@H](O)[C@H]1O. The minimum absolute atomic E-state index is 0.521. The van der Waals surface area contributed by atoms with E-state index in [9.17, 15) is 46.0 Å². The van der Waals surface area contributed by atoms with Crippen molar-refractivity contribution in [3.05, 3.63) is 0 Å². The molecule has 0 aromatic rings. The molecular weight excluding hydrogens is 452 g/mol. The van der Waals surface area contributed by atoms with Crippen molar-refractivity contribution in [2.24, 2.45) is 0 Å². The highest BCUT2D eigenvalue weighted by Crippen LogP contribution is 2.30. The van der Waals surface area contributed by atoms with E-state index >= 15 is 0 Å². The van der Waals surface area contributed by atoms with Gasteiger partial charge in [-0.3, -0.25) is 0 Å². The first-order valence-electron chi connectivity index (χ1n) is 10.8. The Morgan fingerprint density at radius 3 is 1.73 bits per heavy atom. The van der Waals surface area contributed by atoms with Crippen LogP contribution in [-0.2, 0) is 23.7 Å². The molecule has 0 aromatic carbocycles. The Labute approximate surface area is 189 Å². The predicted octanol–water partition coefficient (Wildman–Crippen LogP) is -5.48. The number of aliphatic hydroxyl groups is 9. The van der Waals surface area contributed by atoms with Gasteiger partial charge in [-0.1, -0.05) is 0 Å². The summed E-state index contributed by atoms with van der Waals surface area (Å²) in [5.41, 5.74) is 0. The van der Waals surface area contributed by atoms with Crippen LogP contribution in [-0.4, -0.2) is 151 Å². The topological polar surface area (TPSA) is 228 Å². The van der Waals surface area contributed by atoms with Gasteiger partial charge >= 0.3 is 0 Å². The molecule has 0 bridgehead atoms. The van der Waals surface area contributed by atoms with Gasteiger partial charge in [0, 0.05) is 0 Å². The molecule has 3 saturated heterocycles. The molecule has 15 atom stereocenters. The van der Waals surface area contributed by atoms with Crippen LogP contribution in [0.2, 0.25) is 0 Å². The van der Waals surface area contributed by atoms with Crippen LogP contribution in [0.1, 0.15) is 13.8 Å². The molecule has 14 nitrogen and oxygen atoms in total. The molecule has 9 N–H and O–H groups in total. The maximum Gasteiger partial charge on any atom is 0.187 e. The summed E-state index contributed by atoms with van der Waals surface area (Å²) in [6.45, 7) is 1.96. The van der Waals surface area contributed by atoms with Crippen LogP contribution in [0.5, 0.6) is 0 Å². The van der Waals surface area contributed by atoms with E-state index in [-0.39, 0.29) is 0 Å². The Hall–Kier alpha value is -0.560. The first-order valence-corrected chi connectivity index (χ1v) is 10.8. The number of hydrogen-bond acceptors (Lipinski definition) is 14. The Morgan fingerprint density at radius 2 is 1.12 bits per heavy atom. The fourth-order valence-corrected chi connectivity index (χ4v) is 4.15. The summed E-state index contributed by atoms with van der Waals surface area (Å²) in [5.74, 6) is 0. The van der Waals surface area contributed by atoms with Gasteiger partial charge < -0.3 is 69.6 Å². The van der Waals surface area contributed by atoms with E-state index in [0.717, 1.165) is 0 Å². The molecule has 0 aromatic heterocycles. The van der Waals surface area contributed by atoms with Gasteiger partial charge in [-0.2, -0.15) is 0 Å². The molecule has 2 unspecified atom stereocenters. The summed E-state index contributed by atoms with van der Waals surface area (Å²) in [7, 11) is 0. The van der Waals surface area contributed by atoms with Crippen LogP contribution < -0.4 is 0 Å². The van der Waals surface area contributed by atoms with Gasteiger partial charge in [0.05, 0.1) is 25.4 Å². The Kier molecular flexibility index (Phi) is 9.02. The number of ether oxygens (including phenoxy) is 5. The average molecular weight is 486 g/mol. The first kappa shape index (κ1) is 27.0. The third-order valence-corrected chi connectivity index (χ3v) is 6.29. The standard InChI is InChI=1S/C19H34O14/c1-5-9(21)14(26)17(6(2)30-5)33-19-16(28)13(25)11(23)8(32-19)4-29-18-15(27)12(24)10(22)7(3-20)31-18/h5-28H,3-4H2,1-2H3/t5-,6+,7-,8-,9+,10-,11-,12+,13+,14-,15-,16-,17-,18?,19?/m1/s1. The zero-order chi connectivity index (χ0) is 24.6. The van der Waals surface area contributed by atoms with Gasteiger partial charge in [-0.05, 0) is 13.8 Å². The van der Waals surface area contributed by atoms with Gasteiger partial charge in [-0.15, -0.1) is 0 Å². The summed E-state index contributed by atoms with van der Waals surface area (Å²) >= 11 is 0. The highest BCUT2D eigenvalue weighted by Gasteiger charge is 2.50. The van der Waals surface area contributed by atoms with Crippen LogP contribution in [0.3, 0.4) is 0 Å². The lowest BCUT2D eigenvalue weighted by Crippen LogP contribution is -2.64. The van der Waals surface area contributed by atoms with E-state index in [2.05, 4.69) is 0 Å². The van der Waals surface area contributed by atoms with Crippen molar-refractivity contribution in [1.29, 1.82) is 0 Å². The summed E-state index contributed by atoms with van der Waals surface area (Å²) < 4.78 is 27.2. The average Bonchev–Trinajstić information content (AvgIpc) is 2.79. The quantitative estimate of drug-likeness (QED) is 0.171. The summed E-state index contributed by atoms with van der Waals surface area (Å²) in [5, 5.41) is 90.2. The van der Waals surface area contributed by atoms with Gasteiger partial charge in [0.25, 0.3) is 0 Å². The largest absolute Gasteiger partial charge is 0.394 e. The van der Waals surface area contributed by atoms with E-state index in [4.69, 9.17) is 23.7 Å². The molecule has 3 aliphatic heterocycles. The van der Waals surface area contributed by atoms with Gasteiger partial charge in [0.1, 0.15) is 67.1 Å². The molecular formula is C19H34O14. The van der Waals surface area contributed by atoms with Crippen molar-refractivity contribution >= 4 is 0 Å². The van der Waals surface area contributed by atoms with Crippen LogP contribution in [0, 0.1) is 0 Å². The molecule has 0 spiro atoms. The third kappa shape index (κ3) is 5.49. The normalized spacial score (nSPS) is 53.7. The molecule has 194 valence electrons. The molecule has 3 heterocycles. The monoisotopic (exact) mass is 486 g/mol. The van der Waals surface area contributed by atoms with Crippen molar-refractivity contribution in [3.8, 4) is 0 Å². The summed E-state index contributed by atoms with van der Waals surface area (Å²) in [6, 6.07) is 0. The van der Waals surface area contributed by atoms with Crippen LogP contribution in [0.25, 0.3) is 0 Å². The number of hydrogen-bond donors (Lipinski definition) is 9. The molecule has 0 aliphatic carbocycles. The van der Waals surface area contributed by atoms with Crippen LogP contribution in [0.4, 0.5) is 0 Å². The van der Waals surface area contributed by atoms with Crippen molar-refractivity contribution < 1.29 is 69.6 Å². The number of rotatable bonds is 6. The Balaban J connectivity index is 1.64. The molecule has 14 heteroatoms. The second-order valence-electron chi connectivity index (χ2n) is 8.67. The second-order valence-corrected chi connectivity index (χ2v) is 8.67. The van der Waals surface area contributed by atoms with E-state index in [1.807, 2.05) is 0 Å². The lowest BCUT2D eigenvalue weighted by Gasteiger charge is -2.46. The lowest BCUT2D eigenvalue weighted by molar-refractivity contribution is -0.350. The van der Waals surface area contributed by atoms with Crippen molar-refractivity contribution in [2.75, 3.05) is 13.2 Å². The smallest absolute Gasteiger partial charge is 0.187 e. The summed E-state index contributed by atoms with van der Waals surface area (Å²) in [6.07, 6.45) is -20.8. The van der Waals surface area contributed by atoms with Crippen LogP contribution >= 0.6 is 0 Å².